The molecule has 1 N–H and O–H groups in total. The Morgan fingerprint density at radius 1 is 1.13 bits per heavy atom. The Hall–Kier alpha value is -2.17. The smallest absolute Gasteiger partial charge is 0.338 e. The van der Waals surface area contributed by atoms with Crippen molar-refractivity contribution in [2.75, 3.05) is 20.8 Å². The van der Waals surface area contributed by atoms with E-state index in [2.05, 4.69) is 17.0 Å². The van der Waals surface area contributed by atoms with Crippen molar-refractivity contribution in [2.45, 2.75) is 19.0 Å². The van der Waals surface area contributed by atoms with Crippen LogP contribution in [-0.2, 0) is 11.3 Å². The molecule has 0 saturated carbocycles. The number of esters is 1. The molecule has 0 amide bonds. The number of nitrogens with zero attached hydrogens (tertiary/aromatic N) is 1. The van der Waals surface area contributed by atoms with E-state index < -0.39 is 0 Å². The van der Waals surface area contributed by atoms with Gasteiger partial charge in [-0.05, 0) is 30.7 Å². The Labute approximate surface area is 137 Å². The Kier molecular flexibility index (Phi) is 6.32. The lowest BCUT2D eigenvalue weighted by Gasteiger charge is -2.28. The third kappa shape index (κ3) is 4.41. The van der Waals surface area contributed by atoms with Gasteiger partial charge in [0.05, 0.1) is 12.7 Å². The summed E-state index contributed by atoms with van der Waals surface area (Å²) in [7, 11) is 3.39. The highest BCUT2D eigenvalue weighted by Crippen LogP contribution is 2.25. The molecule has 4 nitrogen and oxygen atoms in total. The molecule has 0 spiro atoms. The van der Waals surface area contributed by atoms with Crippen LogP contribution in [0.2, 0.25) is 0 Å². The van der Waals surface area contributed by atoms with Crippen LogP contribution in [0, 0.1) is 0 Å². The van der Waals surface area contributed by atoms with Crippen LogP contribution in [0.15, 0.2) is 54.6 Å². The van der Waals surface area contributed by atoms with Crippen LogP contribution >= 0.6 is 0 Å². The number of carbonyl (C=O) groups is 1. The Bertz CT molecular complexity index is 628. The zero-order valence-corrected chi connectivity index (χ0v) is 13.6. The van der Waals surface area contributed by atoms with Crippen molar-refractivity contribution in [1.29, 1.82) is 0 Å². The van der Waals surface area contributed by atoms with Crippen LogP contribution in [0.3, 0.4) is 0 Å². The highest BCUT2D eigenvalue weighted by atomic mass is 16.5. The van der Waals surface area contributed by atoms with Crippen LogP contribution in [0.5, 0.6) is 0 Å². The predicted octanol–water partition coefficient (Wildman–Crippen LogP) is 3.03. The molecule has 1 atom stereocenters. The summed E-state index contributed by atoms with van der Waals surface area (Å²) in [6.07, 6.45) is 0.640. The molecule has 2 aromatic carbocycles. The second-order valence-corrected chi connectivity index (χ2v) is 5.50. The molecule has 1 unspecified atom stereocenters. The number of methoxy groups -OCH3 is 1. The maximum atomic E-state index is 11.9. The lowest BCUT2D eigenvalue weighted by molar-refractivity contribution is 0.0597. The van der Waals surface area contributed by atoms with Gasteiger partial charge in [0.15, 0.2) is 0 Å². The van der Waals surface area contributed by atoms with Gasteiger partial charge in [-0.25, -0.2) is 4.79 Å². The fourth-order valence-electron chi connectivity index (χ4n) is 2.79. The van der Waals surface area contributed by atoms with Crippen molar-refractivity contribution < 1.29 is 14.6 Å². The monoisotopic (exact) mass is 313 g/mol. The van der Waals surface area contributed by atoms with Crippen molar-refractivity contribution in [3.8, 4) is 0 Å². The Morgan fingerprint density at radius 3 is 2.43 bits per heavy atom. The van der Waals surface area contributed by atoms with Gasteiger partial charge in [-0.1, -0.05) is 48.5 Å². The number of hydrogen-bond acceptors (Lipinski definition) is 4. The van der Waals surface area contributed by atoms with E-state index >= 15 is 0 Å². The summed E-state index contributed by atoms with van der Waals surface area (Å²) >= 11 is 0. The van der Waals surface area contributed by atoms with Crippen LogP contribution in [0.25, 0.3) is 0 Å². The first-order valence-electron chi connectivity index (χ1n) is 7.69. The van der Waals surface area contributed by atoms with Crippen LogP contribution in [0.4, 0.5) is 0 Å². The van der Waals surface area contributed by atoms with E-state index in [0.29, 0.717) is 18.5 Å². The number of hydrogen-bond donors (Lipinski definition) is 1. The van der Waals surface area contributed by atoms with Gasteiger partial charge in [0, 0.05) is 19.2 Å². The molecule has 0 radical (unpaired) electrons. The van der Waals surface area contributed by atoms with Crippen molar-refractivity contribution in [2.24, 2.45) is 0 Å². The second-order valence-electron chi connectivity index (χ2n) is 5.50. The fraction of sp³-hybridized carbons (Fsp3) is 0.316. The number of aliphatic hydroxyl groups is 1. The zero-order chi connectivity index (χ0) is 16.7. The average molecular weight is 313 g/mol. The van der Waals surface area contributed by atoms with Gasteiger partial charge in [0.25, 0.3) is 0 Å². The van der Waals surface area contributed by atoms with Crippen molar-refractivity contribution >= 4 is 5.97 Å². The Morgan fingerprint density at radius 2 is 1.78 bits per heavy atom. The Balaban J connectivity index is 2.22. The molecule has 0 fully saturated rings. The molecule has 2 aromatic rings. The minimum absolute atomic E-state index is 0.0897. The van der Waals surface area contributed by atoms with Gasteiger partial charge < -0.3 is 9.84 Å². The molecular formula is C19H23NO3. The number of ether oxygens (including phenoxy) is 1. The molecule has 0 bridgehead atoms. The van der Waals surface area contributed by atoms with E-state index in [1.807, 2.05) is 43.4 Å². The first kappa shape index (κ1) is 17.2. The standard InChI is InChI=1S/C19H23NO3/c1-20(18(12-13-21)15-8-4-3-5-9-15)14-16-10-6-7-11-17(16)19(22)23-2/h3-11,18,21H,12-14H2,1-2H3. The number of carbonyl (C=O) groups excluding carboxylic acids is 1. The van der Waals surface area contributed by atoms with E-state index in [9.17, 15) is 9.90 Å². The summed E-state index contributed by atoms with van der Waals surface area (Å²) in [6, 6.07) is 17.6. The fourth-order valence-corrected chi connectivity index (χ4v) is 2.79. The molecular weight excluding hydrogens is 290 g/mol. The van der Waals surface area contributed by atoms with Crippen molar-refractivity contribution in [3.05, 3.63) is 71.3 Å². The number of aliphatic hydroxyl groups excluding tert-OH is 1. The molecule has 0 aliphatic carbocycles. The largest absolute Gasteiger partial charge is 0.465 e. The van der Waals surface area contributed by atoms with E-state index in [4.69, 9.17) is 4.74 Å². The summed E-state index contributed by atoms with van der Waals surface area (Å²) < 4.78 is 4.85. The summed E-state index contributed by atoms with van der Waals surface area (Å²) in [5.41, 5.74) is 2.65. The normalized spacial score (nSPS) is 12.2. The summed E-state index contributed by atoms with van der Waals surface area (Å²) in [5, 5.41) is 9.39. The van der Waals surface area contributed by atoms with Gasteiger partial charge >= 0.3 is 5.97 Å². The zero-order valence-electron chi connectivity index (χ0n) is 13.6. The van der Waals surface area contributed by atoms with E-state index in [1.165, 1.54) is 7.11 Å². The van der Waals surface area contributed by atoms with Crippen molar-refractivity contribution in [1.82, 2.24) is 4.90 Å². The molecule has 0 saturated heterocycles. The molecule has 0 aliphatic heterocycles. The number of rotatable bonds is 7. The lowest BCUT2D eigenvalue weighted by Crippen LogP contribution is -2.26. The lowest BCUT2D eigenvalue weighted by atomic mass is 10.0. The third-order valence-electron chi connectivity index (χ3n) is 3.96. The second kappa shape index (κ2) is 8.46. The first-order chi connectivity index (χ1) is 11.2. The molecule has 0 heterocycles. The van der Waals surface area contributed by atoms with Gasteiger partial charge in [0.2, 0.25) is 0 Å². The molecule has 0 aromatic heterocycles. The summed E-state index contributed by atoms with van der Waals surface area (Å²) in [5.74, 6) is -0.326. The van der Waals surface area contributed by atoms with Crippen LogP contribution < -0.4 is 0 Å². The number of benzene rings is 2. The van der Waals surface area contributed by atoms with E-state index in [-0.39, 0.29) is 18.6 Å². The SMILES string of the molecule is COC(=O)c1ccccc1CN(C)C(CCO)c1ccccc1. The first-order valence-corrected chi connectivity index (χ1v) is 7.69. The molecule has 2 rings (SSSR count). The van der Waals surface area contributed by atoms with Crippen molar-refractivity contribution in [3.63, 3.8) is 0 Å². The topological polar surface area (TPSA) is 49.8 Å². The maximum absolute atomic E-state index is 11.9. The quantitative estimate of drug-likeness (QED) is 0.798. The highest BCUT2D eigenvalue weighted by molar-refractivity contribution is 5.90. The molecule has 23 heavy (non-hydrogen) atoms. The summed E-state index contributed by atoms with van der Waals surface area (Å²) in [4.78, 5) is 14.0. The van der Waals surface area contributed by atoms with Crippen LogP contribution in [0.1, 0.15) is 33.9 Å². The van der Waals surface area contributed by atoms with E-state index in [1.54, 1.807) is 6.07 Å². The van der Waals surface area contributed by atoms with Crippen LogP contribution in [-0.4, -0.2) is 36.7 Å². The minimum Gasteiger partial charge on any atom is -0.465 e. The maximum Gasteiger partial charge on any atom is 0.338 e. The predicted molar refractivity (Wildman–Crippen MR) is 90.1 cm³/mol. The van der Waals surface area contributed by atoms with Gasteiger partial charge in [-0.2, -0.15) is 0 Å². The third-order valence-corrected chi connectivity index (χ3v) is 3.96. The van der Waals surface area contributed by atoms with E-state index in [0.717, 1.165) is 11.1 Å². The molecule has 4 heteroatoms. The van der Waals surface area contributed by atoms with Gasteiger partial charge in [-0.15, -0.1) is 0 Å². The highest BCUT2D eigenvalue weighted by Gasteiger charge is 2.19. The molecule has 0 aliphatic rings. The molecule has 122 valence electrons. The summed E-state index contributed by atoms with van der Waals surface area (Å²) in [6.45, 7) is 0.716. The van der Waals surface area contributed by atoms with Gasteiger partial charge in [0.1, 0.15) is 0 Å². The average Bonchev–Trinajstić information content (AvgIpc) is 2.60. The van der Waals surface area contributed by atoms with Gasteiger partial charge in [-0.3, -0.25) is 4.90 Å². The minimum atomic E-state index is -0.326.